The molecule has 21 heavy (non-hydrogen) atoms. The fourth-order valence-electron chi connectivity index (χ4n) is 1.86. The van der Waals surface area contributed by atoms with E-state index in [0.29, 0.717) is 32.0 Å². The van der Waals surface area contributed by atoms with E-state index in [4.69, 9.17) is 4.74 Å². The van der Waals surface area contributed by atoms with E-state index in [1.54, 1.807) is 24.0 Å². The maximum atomic E-state index is 12.2. The zero-order chi connectivity index (χ0) is 15.8. The lowest BCUT2D eigenvalue weighted by Crippen LogP contribution is -2.37. The Bertz CT molecular complexity index is 502. The maximum absolute atomic E-state index is 12.2. The molecule has 6 nitrogen and oxygen atoms in total. The van der Waals surface area contributed by atoms with Crippen LogP contribution in [0.25, 0.3) is 0 Å². The van der Waals surface area contributed by atoms with Gasteiger partial charge in [-0.1, -0.05) is 11.6 Å². The quantitative estimate of drug-likeness (QED) is 0.758. The van der Waals surface area contributed by atoms with Crippen molar-refractivity contribution >= 4 is 17.7 Å². The van der Waals surface area contributed by atoms with Gasteiger partial charge in [0.1, 0.15) is 0 Å². The van der Waals surface area contributed by atoms with Crippen LogP contribution in [-0.2, 0) is 4.74 Å². The summed E-state index contributed by atoms with van der Waals surface area (Å²) >= 11 is 0. The van der Waals surface area contributed by atoms with E-state index < -0.39 is 5.97 Å². The Hall–Kier alpha value is -2.08. The highest BCUT2D eigenvalue weighted by molar-refractivity contribution is 6.00. The molecule has 0 saturated heterocycles. The van der Waals surface area contributed by atoms with Crippen molar-refractivity contribution in [1.29, 1.82) is 0 Å². The Kier molecular flexibility index (Phi) is 6.68. The molecule has 0 bridgehead atoms. The number of hydrogen-bond donors (Lipinski definition) is 2. The molecule has 6 heteroatoms. The number of rotatable bonds is 7. The number of urea groups is 1. The summed E-state index contributed by atoms with van der Waals surface area (Å²) in [7, 11) is 0. The number of carboxylic acid groups (broad SMARTS) is 1. The molecular weight excluding hydrogens is 272 g/mol. The average molecular weight is 294 g/mol. The first-order valence-corrected chi connectivity index (χ1v) is 6.97. The maximum Gasteiger partial charge on any atom is 0.337 e. The molecule has 0 aliphatic heterocycles. The predicted octanol–water partition coefficient (Wildman–Crippen LogP) is 2.58. The van der Waals surface area contributed by atoms with E-state index in [0.717, 1.165) is 5.56 Å². The molecule has 1 rings (SSSR count). The Labute approximate surface area is 124 Å². The fraction of sp³-hybridized carbons (Fsp3) is 0.467. The number of hydrogen-bond acceptors (Lipinski definition) is 3. The van der Waals surface area contributed by atoms with Gasteiger partial charge in [-0.15, -0.1) is 0 Å². The molecule has 2 amide bonds. The standard InChI is InChI=1S/C15H22N2O4/c1-4-17(8-9-21-5-2)15(20)16-13-7-6-11(3)10-12(13)14(18)19/h6-7,10H,4-5,8-9H2,1-3H3,(H,16,20)(H,18,19). The number of carboxylic acids is 1. The molecule has 116 valence electrons. The highest BCUT2D eigenvalue weighted by atomic mass is 16.5. The van der Waals surface area contributed by atoms with E-state index in [-0.39, 0.29) is 11.6 Å². The van der Waals surface area contributed by atoms with Crippen molar-refractivity contribution in [2.24, 2.45) is 0 Å². The monoisotopic (exact) mass is 294 g/mol. The van der Waals surface area contributed by atoms with Gasteiger partial charge in [0.05, 0.1) is 17.9 Å². The van der Waals surface area contributed by atoms with Crippen molar-refractivity contribution in [1.82, 2.24) is 4.90 Å². The number of carbonyl (C=O) groups excluding carboxylic acids is 1. The first-order chi connectivity index (χ1) is 9.99. The van der Waals surface area contributed by atoms with Crippen molar-refractivity contribution in [3.8, 4) is 0 Å². The van der Waals surface area contributed by atoms with Crippen LogP contribution in [0.5, 0.6) is 0 Å². The summed E-state index contributed by atoms with van der Waals surface area (Å²) in [4.78, 5) is 25.0. The summed E-state index contributed by atoms with van der Waals surface area (Å²) in [5.74, 6) is -1.06. The lowest BCUT2D eigenvalue weighted by molar-refractivity contribution is 0.0698. The number of ether oxygens (including phenoxy) is 1. The molecule has 0 aliphatic carbocycles. The number of amides is 2. The van der Waals surface area contributed by atoms with Crippen molar-refractivity contribution < 1.29 is 19.4 Å². The van der Waals surface area contributed by atoms with Gasteiger partial charge in [0.15, 0.2) is 0 Å². The SMILES string of the molecule is CCOCCN(CC)C(=O)Nc1ccc(C)cc1C(=O)O. The third kappa shape index (κ3) is 5.07. The number of likely N-dealkylation sites (N-methyl/N-ethyl adjacent to an activating group) is 1. The normalized spacial score (nSPS) is 10.2. The molecule has 0 radical (unpaired) electrons. The van der Waals surface area contributed by atoms with Crippen molar-refractivity contribution in [2.75, 3.05) is 31.6 Å². The molecule has 0 aromatic heterocycles. The number of carbonyl (C=O) groups is 2. The van der Waals surface area contributed by atoms with Crippen LogP contribution in [0.4, 0.5) is 10.5 Å². The van der Waals surface area contributed by atoms with E-state index in [2.05, 4.69) is 5.32 Å². The third-order valence-corrected chi connectivity index (χ3v) is 3.03. The fourth-order valence-corrected chi connectivity index (χ4v) is 1.86. The predicted molar refractivity (Wildman–Crippen MR) is 80.9 cm³/mol. The number of nitrogens with one attached hydrogen (secondary N) is 1. The highest BCUT2D eigenvalue weighted by Crippen LogP contribution is 2.18. The second-order valence-electron chi connectivity index (χ2n) is 4.56. The smallest absolute Gasteiger partial charge is 0.337 e. The van der Waals surface area contributed by atoms with Gasteiger partial charge < -0.3 is 20.1 Å². The Morgan fingerprint density at radius 3 is 2.62 bits per heavy atom. The lowest BCUT2D eigenvalue weighted by Gasteiger charge is -2.21. The summed E-state index contributed by atoms with van der Waals surface area (Å²) in [6.07, 6.45) is 0. The highest BCUT2D eigenvalue weighted by Gasteiger charge is 2.16. The molecule has 1 aromatic rings. The molecule has 0 atom stereocenters. The average Bonchev–Trinajstić information content (AvgIpc) is 2.45. The zero-order valence-electron chi connectivity index (χ0n) is 12.7. The summed E-state index contributed by atoms with van der Waals surface area (Å²) in [6.45, 7) is 7.59. The summed E-state index contributed by atoms with van der Waals surface area (Å²) in [5, 5.41) is 11.8. The number of aryl methyl sites for hydroxylation is 1. The zero-order valence-corrected chi connectivity index (χ0v) is 12.7. The Balaban J connectivity index is 2.79. The van der Waals surface area contributed by atoms with Gasteiger partial charge in [0.25, 0.3) is 0 Å². The molecule has 2 N–H and O–H groups in total. The van der Waals surface area contributed by atoms with Crippen molar-refractivity contribution in [3.05, 3.63) is 29.3 Å². The topological polar surface area (TPSA) is 78.9 Å². The molecule has 0 saturated carbocycles. The van der Waals surface area contributed by atoms with Crippen LogP contribution < -0.4 is 5.32 Å². The number of benzene rings is 1. The lowest BCUT2D eigenvalue weighted by atomic mass is 10.1. The van der Waals surface area contributed by atoms with Crippen LogP contribution in [0.3, 0.4) is 0 Å². The number of anilines is 1. The van der Waals surface area contributed by atoms with Crippen molar-refractivity contribution in [3.63, 3.8) is 0 Å². The number of nitrogens with zero attached hydrogens (tertiary/aromatic N) is 1. The van der Waals surface area contributed by atoms with E-state index in [9.17, 15) is 14.7 Å². The van der Waals surface area contributed by atoms with Crippen LogP contribution in [-0.4, -0.2) is 48.3 Å². The van der Waals surface area contributed by atoms with Crippen LogP contribution in [0.1, 0.15) is 29.8 Å². The molecule has 0 unspecified atom stereocenters. The molecule has 0 aliphatic rings. The van der Waals surface area contributed by atoms with Gasteiger partial charge in [-0.25, -0.2) is 9.59 Å². The Morgan fingerprint density at radius 2 is 2.05 bits per heavy atom. The first-order valence-electron chi connectivity index (χ1n) is 6.97. The first kappa shape index (κ1) is 17.0. The summed E-state index contributed by atoms with van der Waals surface area (Å²) in [5.41, 5.74) is 1.21. The van der Waals surface area contributed by atoms with Gasteiger partial charge in [-0.2, -0.15) is 0 Å². The largest absolute Gasteiger partial charge is 0.478 e. The van der Waals surface area contributed by atoms with Gasteiger partial charge >= 0.3 is 12.0 Å². The Morgan fingerprint density at radius 1 is 1.33 bits per heavy atom. The molecular formula is C15H22N2O4. The summed E-state index contributed by atoms with van der Waals surface area (Å²) in [6, 6.07) is 4.57. The van der Waals surface area contributed by atoms with E-state index >= 15 is 0 Å². The number of aromatic carboxylic acids is 1. The minimum absolute atomic E-state index is 0.0872. The van der Waals surface area contributed by atoms with Crippen LogP contribution >= 0.6 is 0 Å². The summed E-state index contributed by atoms with van der Waals surface area (Å²) < 4.78 is 5.23. The minimum Gasteiger partial charge on any atom is -0.478 e. The molecule has 1 aromatic carbocycles. The molecule has 0 spiro atoms. The second kappa shape index (κ2) is 8.26. The minimum atomic E-state index is -1.06. The van der Waals surface area contributed by atoms with Crippen LogP contribution in [0.15, 0.2) is 18.2 Å². The third-order valence-electron chi connectivity index (χ3n) is 3.03. The van der Waals surface area contributed by atoms with Crippen LogP contribution in [0.2, 0.25) is 0 Å². The van der Waals surface area contributed by atoms with E-state index in [1.807, 2.05) is 13.8 Å². The van der Waals surface area contributed by atoms with Gasteiger partial charge in [0.2, 0.25) is 0 Å². The van der Waals surface area contributed by atoms with E-state index in [1.165, 1.54) is 6.07 Å². The van der Waals surface area contributed by atoms with Gasteiger partial charge in [-0.3, -0.25) is 0 Å². The van der Waals surface area contributed by atoms with Gasteiger partial charge in [-0.05, 0) is 32.9 Å². The molecule has 0 heterocycles. The second-order valence-corrected chi connectivity index (χ2v) is 4.56. The van der Waals surface area contributed by atoms with Crippen molar-refractivity contribution in [2.45, 2.75) is 20.8 Å². The van der Waals surface area contributed by atoms with Gasteiger partial charge in [0, 0.05) is 19.7 Å². The molecule has 0 fully saturated rings. The van der Waals surface area contributed by atoms with Crippen LogP contribution in [0, 0.1) is 6.92 Å².